The minimum Gasteiger partial charge on any atom is -0.462 e. The highest BCUT2D eigenvalue weighted by molar-refractivity contribution is 6.07. The molecule has 0 amide bonds. The summed E-state index contributed by atoms with van der Waals surface area (Å²) in [6.07, 6.45) is 1.76. The van der Waals surface area contributed by atoms with E-state index in [0.29, 0.717) is 5.56 Å². The van der Waals surface area contributed by atoms with Gasteiger partial charge in [-0.2, -0.15) is 0 Å². The molecule has 0 aliphatic carbocycles. The van der Waals surface area contributed by atoms with Gasteiger partial charge in [0.25, 0.3) is 0 Å². The van der Waals surface area contributed by atoms with E-state index in [4.69, 9.17) is 9.47 Å². The first-order valence-electron chi connectivity index (χ1n) is 10.6. The summed E-state index contributed by atoms with van der Waals surface area (Å²) >= 11 is 0. The van der Waals surface area contributed by atoms with E-state index in [1.807, 2.05) is 64.1 Å². The summed E-state index contributed by atoms with van der Waals surface area (Å²) in [5, 5.41) is 0. The zero-order chi connectivity index (χ0) is 22.4. The largest absolute Gasteiger partial charge is 0.462 e. The van der Waals surface area contributed by atoms with Crippen molar-refractivity contribution in [1.29, 1.82) is 0 Å². The molecule has 0 aliphatic rings. The number of esters is 2. The Morgan fingerprint density at radius 3 is 1.80 bits per heavy atom. The summed E-state index contributed by atoms with van der Waals surface area (Å²) in [6, 6.07) is 14.8. The Morgan fingerprint density at radius 2 is 1.27 bits per heavy atom. The van der Waals surface area contributed by atoms with Crippen LogP contribution >= 0.6 is 0 Å². The minimum absolute atomic E-state index is 0.126. The van der Waals surface area contributed by atoms with Crippen LogP contribution in [0.1, 0.15) is 75.1 Å². The van der Waals surface area contributed by atoms with E-state index in [1.54, 1.807) is 12.1 Å². The molecule has 0 saturated heterocycles. The van der Waals surface area contributed by atoms with Crippen LogP contribution in [0.15, 0.2) is 48.5 Å². The van der Waals surface area contributed by atoms with Crippen molar-refractivity contribution in [2.45, 2.75) is 54.4 Å². The van der Waals surface area contributed by atoms with Gasteiger partial charge in [-0.15, -0.1) is 0 Å². The zero-order valence-electron chi connectivity index (χ0n) is 19.1. The van der Waals surface area contributed by atoms with E-state index in [0.717, 1.165) is 18.4 Å². The Bertz CT molecular complexity index is 866. The predicted molar refractivity (Wildman–Crippen MR) is 121 cm³/mol. The van der Waals surface area contributed by atoms with Crippen LogP contribution in [0.4, 0.5) is 0 Å². The van der Waals surface area contributed by atoms with Crippen molar-refractivity contribution < 1.29 is 19.1 Å². The summed E-state index contributed by atoms with van der Waals surface area (Å²) in [7, 11) is 0. The van der Waals surface area contributed by atoms with Gasteiger partial charge in [-0.25, -0.2) is 9.59 Å². The molecule has 0 heterocycles. The van der Waals surface area contributed by atoms with E-state index in [1.165, 1.54) is 0 Å². The van der Waals surface area contributed by atoms with E-state index in [-0.39, 0.29) is 35.2 Å². The third-order valence-corrected chi connectivity index (χ3v) is 5.68. The highest BCUT2D eigenvalue weighted by Gasteiger charge is 2.27. The van der Waals surface area contributed by atoms with Gasteiger partial charge in [0.1, 0.15) is 0 Å². The molecule has 0 atom stereocenters. The molecule has 0 spiro atoms. The number of hydrogen-bond acceptors (Lipinski definition) is 4. The first kappa shape index (κ1) is 23.7. The molecule has 0 fully saturated rings. The molecule has 0 N–H and O–H groups in total. The Labute approximate surface area is 180 Å². The molecular weight excluding hydrogens is 376 g/mol. The van der Waals surface area contributed by atoms with Gasteiger partial charge in [-0.05, 0) is 40.9 Å². The Hall–Kier alpha value is -2.62. The van der Waals surface area contributed by atoms with Gasteiger partial charge < -0.3 is 9.47 Å². The Balaban J connectivity index is 2.44. The van der Waals surface area contributed by atoms with Gasteiger partial charge in [-0.1, -0.05) is 84.0 Å². The lowest BCUT2D eigenvalue weighted by Gasteiger charge is -2.24. The zero-order valence-corrected chi connectivity index (χ0v) is 19.1. The lowest BCUT2D eigenvalue weighted by Crippen LogP contribution is -2.24. The summed E-state index contributed by atoms with van der Waals surface area (Å²) in [6.45, 7) is 12.9. The second kappa shape index (κ2) is 9.92. The third-order valence-electron chi connectivity index (χ3n) is 5.68. The molecule has 0 aromatic heterocycles. The monoisotopic (exact) mass is 410 g/mol. The van der Waals surface area contributed by atoms with Crippen LogP contribution in [-0.4, -0.2) is 25.2 Å². The second-order valence-corrected chi connectivity index (χ2v) is 9.28. The first-order valence-corrected chi connectivity index (χ1v) is 10.6. The molecule has 4 heteroatoms. The average molecular weight is 411 g/mol. The molecule has 30 heavy (non-hydrogen) atoms. The highest BCUT2D eigenvalue weighted by atomic mass is 16.5. The number of benzene rings is 2. The lowest BCUT2D eigenvalue weighted by atomic mass is 9.91. The normalized spacial score (nSPS) is 11.8. The molecule has 2 aromatic rings. The number of ether oxygens (including phenoxy) is 2. The van der Waals surface area contributed by atoms with Crippen molar-refractivity contribution in [2.24, 2.45) is 10.8 Å². The average Bonchev–Trinajstić information content (AvgIpc) is 2.76. The number of carbonyl (C=O) groups is 2. The molecule has 2 rings (SSSR count). The van der Waals surface area contributed by atoms with Gasteiger partial charge in [0.05, 0.1) is 24.3 Å². The van der Waals surface area contributed by atoms with Crippen LogP contribution in [0.25, 0.3) is 11.1 Å². The van der Waals surface area contributed by atoms with Gasteiger partial charge in [0, 0.05) is 0 Å². The molecule has 0 saturated carbocycles. The van der Waals surface area contributed by atoms with Crippen LogP contribution in [0.5, 0.6) is 0 Å². The fraction of sp³-hybridized carbons (Fsp3) is 0.462. The summed E-state index contributed by atoms with van der Waals surface area (Å²) < 4.78 is 11.2. The Kier molecular flexibility index (Phi) is 7.83. The summed E-state index contributed by atoms with van der Waals surface area (Å²) in [5.41, 5.74) is 1.75. The van der Waals surface area contributed by atoms with Crippen LogP contribution in [0.2, 0.25) is 0 Å². The molecule has 0 radical (unpaired) electrons. The van der Waals surface area contributed by atoms with E-state index in [9.17, 15) is 9.59 Å². The van der Waals surface area contributed by atoms with Gasteiger partial charge >= 0.3 is 11.9 Å². The van der Waals surface area contributed by atoms with Crippen molar-refractivity contribution in [3.05, 3.63) is 59.7 Å². The molecule has 0 unspecified atom stereocenters. The molecule has 2 aromatic carbocycles. The summed E-state index contributed by atoms with van der Waals surface area (Å²) in [5.74, 6) is -1.01. The fourth-order valence-electron chi connectivity index (χ4n) is 2.68. The van der Waals surface area contributed by atoms with E-state index >= 15 is 0 Å². The molecule has 0 bridgehead atoms. The van der Waals surface area contributed by atoms with Crippen molar-refractivity contribution in [1.82, 2.24) is 0 Å². The van der Waals surface area contributed by atoms with Gasteiger partial charge in [0.15, 0.2) is 0 Å². The molecule has 0 aliphatic heterocycles. The van der Waals surface area contributed by atoms with Crippen molar-refractivity contribution in [3.8, 4) is 11.1 Å². The number of carbonyl (C=O) groups excluding carboxylic acids is 2. The lowest BCUT2D eigenvalue weighted by molar-refractivity contribution is 0.0292. The minimum atomic E-state index is -0.504. The first-order chi connectivity index (χ1) is 14.1. The van der Waals surface area contributed by atoms with Crippen molar-refractivity contribution in [2.75, 3.05) is 13.2 Å². The summed E-state index contributed by atoms with van der Waals surface area (Å²) in [4.78, 5) is 26.1. The Morgan fingerprint density at radius 1 is 0.733 bits per heavy atom. The van der Waals surface area contributed by atoms with Gasteiger partial charge in [-0.3, -0.25) is 0 Å². The quantitative estimate of drug-likeness (QED) is 0.440. The smallest absolute Gasteiger partial charge is 0.339 e. The molecular formula is C26H34O4. The SMILES string of the molecule is CCC(C)(C)COC(=O)c1cccc(-c2ccccc2)c1C(=O)OCC(C)(C)CC. The van der Waals surface area contributed by atoms with Crippen LogP contribution in [-0.2, 0) is 9.47 Å². The van der Waals surface area contributed by atoms with Crippen LogP contribution in [0.3, 0.4) is 0 Å². The van der Waals surface area contributed by atoms with Crippen LogP contribution in [0, 0.1) is 10.8 Å². The maximum absolute atomic E-state index is 13.2. The van der Waals surface area contributed by atoms with Crippen molar-refractivity contribution in [3.63, 3.8) is 0 Å². The van der Waals surface area contributed by atoms with E-state index in [2.05, 4.69) is 13.8 Å². The van der Waals surface area contributed by atoms with Crippen molar-refractivity contribution >= 4 is 11.9 Å². The maximum Gasteiger partial charge on any atom is 0.339 e. The topological polar surface area (TPSA) is 52.6 Å². The maximum atomic E-state index is 13.2. The standard InChI is InChI=1S/C26H34O4/c1-7-25(3,4)17-29-23(27)21-16-12-15-20(19-13-10-9-11-14-19)22(21)24(28)30-18-26(5,6)8-2/h9-16H,7-8,17-18H2,1-6H3. The number of hydrogen-bond donors (Lipinski definition) is 0. The van der Waals surface area contributed by atoms with E-state index < -0.39 is 11.9 Å². The molecule has 4 nitrogen and oxygen atoms in total. The predicted octanol–water partition coefficient (Wildman–Crippen LogP) is 6.54. The van der Waals surface area contributed by atoms with Gasteiger partial charge in [0.2, 0.25) is 0 Å². The second-order valence-electron chi connectivity index (χ2n) is 9.28. The number of rotatable bonds is 9. The fourth-order valence-corrected chi connectivity index (χ4v) is 2.68. The van der Waals surface area contributed by atoms with Crippen LogP contribution < -0.4 is 0 Å². The molecule has 162 valence electrons. The highest BCUT2D eigenvalue weighted by Crippen LogP contribution is 2.29. The third kappa shape index (κ3) is 6.19.